The lowest BCUT2D eigenvalue weighted by Crippen LogP contribution is -2.50. The number of alkyl halides is 7. The van der Waals surface area contributed by atoms with Crippen LogP contribution in [0.5, 0.6) is 5.75 Å². The van der Waals surface area contributed by atoms with E-state index in [0.29, 0.717) is 17.0 Å². The molecular weight excluding hydrogens is 399 g/mol. The molecule has 0 spiro atoms. The number of hydrogen-bond acceptors (Lipinski definition) is 3. The van der Waals surface area contributed by atoms with Crippen molar-refractivity contribution in [1.82, 2.24) is 0 Å². The van der Waals surface area contributed by atoms with Crippen molar-refractivity contribution < 1.29 is 45.4 Å². The van der Waals surface area contributed by atoms with E-state index in [9.17, 15) is 45.4 Å². The first-order valence-corrected chi connectivity index (χ1v) is 7.44. The Kier molecular flexibility index (Phi) is 4.17. The molecule has 1 aliphatic heterocycles. The highest BCUT2D eigenvalue weighted by molar-refractivity contribution is 6.35. The summed E-state index contributed by atoms with van der Waals surface area (Å²) in [7, 11) is 0. The number of nitrogens with zero attached hydrogens (tertiary/aromatic N) is 1. The number of phenols is 1. The highest BCUT2D eigenvalue weighted by Crippen LogP contribution is 2.53. The van der Waals surface area contributed by atoms with Crippen molar-refractivity contribution in [2.75, 3.05) is 4.90 Å². The predicted octanol–water partition coefficient (Wildman–Crippen LogP) is 4.48. The summed E-state index contributed by atoms with van der Waals surface area (Å²) in [6, 6.07) is 5.17. The zero-order valence-electron chi connectivity index (χ0n) is 13.4. The largest absolute Gasteiger partial charge is 0.507 e. The number of benzene rings is 2. The van der Waals surface area contributed by atoms with Gasteiger partial charge in [-0.2, -0.15) is 26.3 Å². The topological polar surface area (TPSA) is 57.6 Å². The molecule has 148 valence electrons. The Bertz CT molecular complexity index is 950. The summed E-state index contributed by atoms with van der Waals surface area (Å²) in [5.74, 6) is -2.49. The van der Waals surface area contributed by atoms with Crippen LogP contribution in [0, 0.1) is 0 Å². The van der Waals surface area contributed by atoms with Crippen LogP contribution in [-0.2, 0) is 5.67 Å². The molecule has 1 aliphatic rings. The van der Waals surface area contributed by atoms with Crippen LogP contribution in [0.1, 0.15) is 26.3 Å². The van der Waals surface area contributed by atoms with Crippen LogP contribution in [0.25, 0.3) is 0 Å². The highest BCUT2D eigenvalue weighted by atomic mass is 19.4. The fourth-order valence-corrected chi connectivity index (χ4v) is 2.83. The van der Waals surface area contributed by atoms with Crippen molar-refractivity contribution >= 4 is 17.5 Å². The number of amides is 2. The number of imide groups is 1. The molecule has 0 saturated heterocycles. The molecule has 2 aromatic rings. The van der Waals surface area contributed by atoms with E-state index in [2.05, 4.69) is 0 Å². The van der Waals surface area contributed by atoms with Gasteiger partial charge in [0, 0.05) is 5.56 Å². The third-order valence-electron chi connectivity index (χ3n) is 4.20. The van der Waals surface area contributed by atoms with E-state index in [0.717, 1.165) is 6.07 Å². The standard InChI is InChI=1S/C17H8F7NO3/c18-15(16(19,20)21,17(22,23)24)8-4-6-9(7-5-8)25-13(27)10-2-1-3-11(26)12(10)14(25)28/h1-7,26H. The lowest BCUT2D eigenvalue weighted by molar-refractivity contribution is -0.348. The fraction of sp³-hybridized carbons (Fsp3) is 0.176. The maximum atomic E-state index is 14.0. The van der Waals surface area contributed by atoms with Gasteiger partial charge in [0.25, 0.3) is 11.8 Å². The van der Waals surface area contributed by atoms with Crippen LogP contribution in [-0.4, -0.2) is 29.3 Å². The first kappa shape index (κ1) is 19.6. The Morgan fingerprint density at radius 1 is 0.750 bits per heavy atom. The molecule has 0 radical (unpaired) electrons. The molecule has 0 aliphatic carbocycles. The van der Waals surface area contributed by atoms with Crippen LogP contribution in [0.3, 0.4) is 0 Å². The Hall–Kier alpha value is -3.11. The summed E-state index contributed by atoms with van der Waals surface area (Å²) in [5, 5.41) is 9.71. The molecule has 0 atom stereocenters. The number of halogens is 7. The van der Waals surface area contributed by atoms with Crippen LogP contribution in [0.4, 0.5) is 36.4 Å². The second-order valence-corrected chi connectivity index (χ2v) is 5.85. The minimum atomic E-state index is -6.28. The van der Waals surface area contributed by atoms with E-state index in [4.69, 9.17) is 0 Å². The molecule has 0 fully saturated rings. The Morgan fingerprint density at radius 2 is 1.29 bits per heavy atom. The molecule has 0 aromatic heterocycles. The normalized spacial score (nSPS) is 15.2. The van der Waals surface area contributed by atoms with Crippen molar-refractivity contribution in [3.8, 4) is 5.75 Å². The molecule has 2 amide bonds. The summed E-state index contributed by atoms with van der Waals surface area (Å²) in [4.78, 5) is 25.1. The van der Waals surface area contributed by atoms with Crippen LogP contribution >= 0.6 is 0 Å². The van der Waals surface area contributed by atoms with E-state index in [1.54, 1.807) is 0 Å². The molecule has 28 heavy (non-hydrogen) atoms. The van der Waals surface area contributed by atoms with E-state index < -0.39 is 41.1 Å². The van der Waals surface area contributed by atoms with Gasteiger partial charge in [0.1, 0.15) is 5.75 Å². The van der Waals surface area contributed by atoms with Gasteiger partial charge in [-0.3, -0.25) is 9.59 Å². The second-order valence-electron chi connectivity index (χ2n) is 5.85. The number of aromatic hydroxyl groups is 1. The zero-order chi connectivity index (χ0) is 21.1. The summed E-state index contributed by atoms with van der Waals surface area (Å²) >= 11 is 0. The molecular formula is C17H8F7NO3. The van der Waals surface area contributed by atoms with Gasteiger partial charge < -0.3 is 5.11 Å². The van der Waals surface area contributed by atoms with E-state index >= 15 is 0 Å². The molecule has 0 bridgehead atoms. The van der Waals surface area contributed by atoms with E-state index in [1.165, 1.54) is 12.1 Å². The smallest absolute Gasteiger partial charge is 0.435 e. The maximum Gasteiger partial charge on any atom is 0.435 e. The zero-order valence-corrected chi connectivity index (χ0v) is 13.4. The van der Waals surface area contributed by atoms with Gasteiger partial charge in [0.05, 0.1) is 16.8 Å². The lowest BCUT2D eigenvalue weighted by Gasteiger charge is -2.30. The molecule has 1 N–H and O–H groups in total. The third-order valence-corrected chi connectivity index (χ3v) is 4.20. The van der Waals surface area contributed by atoms with Gasteiger partial charge in [-0.1, -0.05) is 18.2 Å². The average Bonchev–Trinajstić information content (AvgIpc) is 2.84. The van der Waals surface area contributed by atoms with Crippen LogP contribution in [0.15, 0.2) is 42.5 Å². The third kappa shape index (κ3) is 2.60. The number of hydrogen-bond donors (Lipinski definition) is 1. The van der Waals surface area contributed by atoms with Crippen molar-refractivity contribution in [2.45, 2.75) is 18.0 Å². The van der Waals surface area contributed by atoms with Crippen molar-refractivity contribution in [3.05, 3.63) is 59.2 Å². The summed E-state index contributed by atoms with van der Waals surface area (Å²) in [6.45, 7) is 0. The molecule has 0 unspecified atom stereocenters. The molecule has 3 rings (SSSR count). The highest BCUT2D eigenvalue weighted by Gasteiger charge is 2.73. The molecule has 1 heterocycles. The minimum absolute atomic E-state index is 0.194. The fourth-order valence-electron chi connectivity index (χ4n) is 2.83. The number of phenolic OH excluding ortho intramolecular Hbond substituents is 1. The van der Waals surface area contributed by atoms with Crippen molar-refractivity contribution in [1.29, 1.82) is 0 Å². The molecule has 4 nitrogen and oxygen atoms in total. The van der Waals surface area contributed by atoms with E-state index in [1.807, 2.05) is 0 Å². The van der Waals surface area contributed by atoms with Crippen molar-refractivity contribution in [2.24, 2.45) is 0 Å². The van der Waals surface area contributed by atoms with Crippen LogP contribution < -0.4 is 4.90 Å². The number of anilines is 1. The minimum Gasteiger partial charge on any atom is -0.507 e. The van der Waals surface area contributed by atoms with Crippen molar-refractivity contribution in [3.63, 3.8) is 0 Å². The van der Waals surface area contributed by atoms with Gasteiger partial charge in [0.2, 0.25) is 0 Å². The molecule has 0 saturated carbocycles. The quantitative estimate of drug-likeness (QED) is 0.590. The number of carbonyl (C=O) groups excluding carboxylic acids is 2. The number of fused-ring (bicyclic) bond motifs is 1. The van der Waals surface area contributed by atoms with Gasteiger partial charge in [-0.05, 0) is 24.3 Å². The second kappa shape index (κ2) is 5.94. The van der Waals surface area contributed by atoms with Gasteiger partial charge in [-0.25, -0.2) is 9.29 Å². The number of carbonyl (C=O) groups is 2. The number of rotatable bonds is 2. The first-order valence-electron chi connectivity index (χ1n) is 7.44. The molecule has 2 aromatic carbocycles. The van der Waals surface area contributed by atoms with E-state index in [-0.39, 0.29) is 28.9 Å². The molecule has 11 heteroatoms. The summed E-state index contributed by atoms with van der Waals surface area (Å²) in [6.07, 6.45) is -12.6. The lowest BCUT2D eigenvalue weighted by atomic mass is 9.94. The SMILES string of the molecule is O=C1c2cccc(O)c2C(=O)N1c1ccc(C(F)(C(F)(F)F)C(F)(F)F)cc1. The summed E-state index contributed by atoms with van der Waals surface area (Å²) in [5.41, 5.74) is -8.32. The monoisotopic (exact) mass is 407 g/mol. The van der Waals surface area contributed by atoms with Gasteiger partial charge in [-0.15, -0.1) is 0 Å². The Balaban J connectivity index is 2.04. The predicted molar refractivity (Wildman–Crippen MR) is 80.6 cm³/mol. The van der Waals surface area contributed by atoms with Gasteiger partial charge in [0.15, 0.2) is 0 Å². The van der Waals surface area contributed by atoms with Crippen LogP contribution in [0.2, 0.25) is 0 Å². The van der Waals surface area contributed by atoms with Gasteiger partial charge >= 0.3 is 18.0 Å². The summed E-state index contributed by atoms with van der Waals surface area (Å²) < 4.78 is 90.8. The average molecular weight is 407 g/mol. The maximum absolute atomic E-state index is 14.0. The Labute approximate surface area is 151 Å². The Morgan fingerprint density at radius 3 is 1.75 bits per heavy atom. The first-order chi connectivity index (χ1) is 12.8.